The van der Waals surface area contributed by atoms with Gasteiger partial charge in [-0.25, -0.2) is 13.3 Å². The third-order valence-corrected chi connectivity index (χ3v) is 1.56. The van der Waals surface area contributed by atoms with Crippen molar-refractivity contribution in [3.05, 3.63) is 29.8 Å². The molecular weight excluding hydrogens is 205 g/mol. The van der Waals surface area contributed by atoms with Gasteiger partial charge in [0, 0.05) is 6.07 Å². The summed E-state index contributed by atoms with van der Waals surface area (Å²) in [5, 5.41) is 0. The zero-order chi connectivity index (χ0) is 10.1. The Morgan fingerprint density at radius 2 is 1.85 bits per heavy atom. The molecule has 2 N–H and O–H groups in total. The van der Waals surface area contributed by atoms with Crippen LogP contribution in [0.3, 0.4) is 0 Å². The zero-order valence-electron chi connectivity index (χ0n) is 6.15. The highest BCUT2D eigenvalue weighted by molar-refractivity contribution is 7.46. The Balaban J connectivity index is 2.92. The lowest BCUT2D eigenvalue weighted by Crippen LogP contribution is -1.91. The van der Waals surface area contributed by atoms with Gasteiger partial charge in [0.1, 0.15) is 5.75 Å². The Morgan fingerprint density at radius 3 is 2.31 bits per heavy atom. The van der Waals surface area contributed by atoms with Crippen molar-refractivity contribution in [1.29, 1.82) is 0 Å². The summed E-state index contributed by atoms with van der Waals surface area (Å²) in [5.74, 6) is -2.77. The highest BCUT2D eigenvalue weighted by atomic mass is 31.2. The maximum atomic E-state index is 12.4. The summed E-state index contributed by atoms with van der Waals surface area (Å²) in [5.41, 5.74) is 0. The molecule has 0 bridgehead atoms. The van der Waals surface area contributed by atoms with Crippen LogP contribution in [0.25, 0.3) is 0 Å². The third-order valence-electron chi connectivity index (χ3n) is 1.12. The van der Waals surface area contributed by atoms with Gasteiger partial charge in [-0.2, -0.15) is 0 Å². The van der Waals surface area contributed by atoms with Crippen LogP contribution in [0.1, 0.15) is 0 Å². The van der Waals surface area contributed by atoms with Crippen molar-refractivity contribution in [3.63, 3.8) is 0 Å². The molecule has 0 heterocycles. The van der Waals surface area contributed by atoms with Crippen LogP contribution < -0.4 is 4.52 Å². The van der Waals surface area contributed by atoms with E-state index in [1.807, 2.05) is 0 Å². The number of benzene rings is 1. The monoisotopic (exact) mass is 210 g/mol. The van der Waals surface area contributed by atoms with E-state index in [0.717, 1.165) is 6.07 Å². The lowest BCUT2D eigenvalue weighted by atomic mass is 10.3. The molecule has 13 heavy (non-hydrogen) atoms. The maximum absolute atomic E-state index is 12.4. The number of phosphoric acid groups is 1. The molecule has 4 nitrogen and oxygen atoms in total. The summed E-state index contributed by atoms with van der Waals surface area (Å²) >= 11 is 0. The predicted octanol–water partition coefficient (Wildman–Crippen LogP) is 1.44. The Kier molecular flexibility index (Phi) is 2.66. The van der Waals surface area contributed by atoms with Gasteiger partial charge in [0.2, 0.25) is 0 Å². The first kappa shape index (κ1) is 10.1. The Labute approximate surface area is 72.0 Å². The Hall–Kier alpha value is -0.970. The van der Waals surface area contributed by atoms with E-state index in [4.69, 9.17) is 9.79 Å². The van der Waals surface area contributed by atoms with Crippen LogP contribution in [0.15, 0.2) is 18.2 Å². The summed E-state index contributed by atoms with van der Waals surface area (Å²) in [6.07, 6.45) is 0. The molecule has 0 radical (unpaired) electrons. The number of hydrogen-bond acceptors (Lipinski definition) is 2. The molecule has 1 rings (SSSR count). The molecule has 0 spiro atoms. The molecule has 0 aliphatic heterocycles. The second kappa shape index (κ2) is 3.41. The van der Waals surface area contributed by atoms with Gasteiger partial charge in [-0.05, 0) is 12.1 Å². The van der Waals surface area contributed by atoms with Gasteiger partial charge in [-0.15, -0.1) is 0 Å². The van der Waals surface area contributed by atoms with E-state index >= 15 is 0 Å². The van der Waals surface area contributed by atoms with Crippen LogP contribution in [0.5, 0.6) is 5.75 Å². The Morgan fingerprint density at radius 1 is 1.23 bits per heavy atom. The van der Waals surface area contributed by atoms with Gasteiger partial charge in [-0.3, -0.25) is 9.79 Å². The number of hydrogen-bond donors (Lipinski definition) is 2. The fourth-order valence-corrected chi connectivity index (χ4v) is 1.06. The van der Waals surface area contributed by atoms with E-state index in [1.165, 1.54) is 0 Å². The van der Waals surface area contributed by atoms with E-state index < -0.39 is 25.2 Å². The van der Waals surface area contributed by atoms with Crippen molar-refractivity contribution >= 4 is 7.82 Å². The highest BCUT2D eigenvalue weighted by Crippen LogP contribution is 2.37. The van der Waals surface area contributed by atoms with Gasteiger partial charge >= 0.3 is 7.82 Å². The van der Waals surface area contributed by atoms with Crippen molar-refractivity contribution in [2.24, 2.45) is 0 Å². The minimum Gasteiger partial charge on any atom is -0.404 e. The van der Waals surface area contributed by atoms with Gasteiger partial charge in [0.15, 0.2) is 11.6 Å². The highest BCUT2D eigenvalue weighted by Gasteiger charge is 2.16. The summed E-state index contributed by atoms with van der Waals surface area (Å²) in [7, 11) is -4.71. The molecule has 0 aliphatic rings. The Bertz CT molecular complexity index is 362. The molecule has 0 fully saturated rings. The van der Waals surface area contributed by atoms with Crippen molar-refractivity contribution in [3.8, 4) is 5.75 Å². The molecule has 0 aliphatic carbocycles. The molecule has 0 atom stereocenters. The SMILES string of the molecule is O=P(O)(O)Oc1ccc(F)c(F)c1. The second-order valence-corrected chi connectivity index (χ2v) is 3.32. The molecule has 0 amide bonds. The van der Waals surface area contributed by atoms with Crippen molar-refractivity contribution in [1.82, 2.24) is 0 Å². The maximum Gasteiger partial charge on any atom is 0.524 e. The van der Waals surface area contributed by atoms with E-state index in [1.54, 1.807) is 0 Å². The molecule has 7 heteroatoms. The zero-order valence-corrected chi connectivity index (χ0v) is 7.04. The van der Waals surface area contributed by atoms with Crippen molar-refractivity contribution < 1.29 is 27.7 Å². The molecule has 0 unspecified atom stereocenters. The standard InChI is InChI=1S/C6H5F2O4P/c7-5-2-1-4(3-6(5)8)12-13(9,10)11/h1-3H,(H2,9,10,11). The van der Waals surface area contributed by atoms with Gasteiger partial charge in [0.25, 0.3) is 0 Å². The van der Waals surface area contributed by atoms with E-state index in [-0.39, 0.29) is 0 Å². The average molecular weight is 210 g/mol. The van der Waals surface area contributed by atoms with E-state index in [9.17, 15) is 13.3 Å². The van der Waals surface area contributed by atoms with Crippen LogP contribution in [0.2, 0.25) is 0 Å². The topological polar surface area (TPSA) is 66.8 Å². The quantitative estimate of drug-likeness (QED) is 0.724. The molecule has 0 aromatic heterocycles. The number of rotatable bonds is 2. The van der Waals surface area contributed by atoms with Crippen molar-refractivity contribution in [2.45, 2.75) is 0 Å². The van der Waals surface area contributed by atoms with Gasteiger partial charge < -0.3 is 4.52 Å². The molecule has 0 saturated carbocycles. The normalized spacial score (nSPS) is 11.4. The summed E-state index contributed by atoms with van der Waals surface area (Å²) in [4.78, 5) is 16.6. The predicted molar refractivity (Wildman–Crippen MR) is 39.0 cm³/mol. The lowest BCUT2D eigenvalue weighted by molar-refractivity contribution is 0.282. The second-order valence-electron chi connectivity index (χ2n) is 2.16. The molecule has 72 valence electrons. The first-order chi connectivity index (χ1) is 5.88. The van der Waals surface area contributed by atoms with Crippen LogP contribution in [0.4, 0.5) is 8.78 Å². The number of phosphoric ester groups is 1. The van der Waals surface area contributed by atoms with Gasteiger partial charge in [0.05, 0.1) is 0 Å². The molecule has 0 saturated heterocycles. The third kappa shape index (κ3) is 3.10. The van der Waals surface area contributed by atoms with E-state index in [2.05, 4.69) is 4.52 Å². The minimum atomic E-state index is -4.71. The molecule has 1 aromatic carbocycles. The van der Waals surface area contributed by atoms with Crippen molar-refractivity contribution in [2.75, 3.05) is 0 Å². The minimum absolute atomic E-state index is 0.424. The largest absolute Gasteiger partial charge is 0.524 e. The van der Waals surface area contributed by atoms with Crippen LogP contribution in [-0.2, 0) is 4.57 Å². The fourth-order valence-electron chi connectivity index (χ4n) is 0.671. The van der Waals surface area contributed by atoms with E-state index in [0.29, 0.717) is 12.1 Å². The summed E-state index contributed by atoms with van der Waals surface area (Å²) in [6, 6.07) is 2.17. The fraction of sp³-hybridized carbons (Fsp3) is 0. The van der Waals surface area contributed by atoms with Crippen LogP contribution in [0, 0.1) is 11.6 Å². The summed E-state index contributed by atoms with van der Waals surface area (Å²) in [6.45, 7) is 0. The average Bonchev–Trinajstić information content (AvgIpc) is 1.94. The lowest BCUT2D eigenvalue weighted by Gasteiger charge is -2.05. The first-order valence-electron chi connectivity index (χ1n) is 3.09. The smallest absolute Gasteiger partial charge is 0.404 e. The number of halogens is 2. The molecule has 1 aromatic rings. The van der Waals surface area contributed by atoms with Gasteiger partial charge in [-0.1, -0.05) is 0 Å². The van der Waals surface area contributed by atoms with Crippen LogP contribution >= 0.6 is 7.82 Å². The summed E-state index contributed by atoms with van der Waals surface area (Å²) < 4.78 is 39.0. The van der Waals surface area contributed by atoms with Crippen LogP contribution in [-0.4, -0.2) is 9.79 Å². The first-order valence-corrected chi connectivity index (χ1v) is 4.62. The molecular formula is C6H5F2O4P.